The summed E-state index contributed by atoms with van der Waals surface area (Å²) in [6.07, 6.45) is 5.89. The van der Waals surface area contributed by atoms with E-state index in [2.05, 4.69) is 31.9 Å². The smallest absolute Gasteiger partial charge is 0.241 e. The molecule has 2 saturated heterocycles. The highest BCUT2D eigenvalue weighted by molar-refractivity contribution is 5.85. The Labute approximate surface area is 148 Å². The first-order valence-electron chi connectivity index (χ1n) is 9.32. The molecule has 1 aromatic rings. The maximum absolute atomic E-state index is 12.1. The number of nitrogens with one attached hydrogen (secondary N) is 1. The molecule has 8 heteroatoms. The van der Waals surface area contributed by atoms with Crippen molar-refractivity contribution in [2.45, 2.75) is 45.1 Å². The lowest BCUT2D eigenvalue weighted by molar-refractivity contribution is -0.132. The number of aryl methyl sites for hydroxylation is 1. The van der Waals surface area contributed by atoms with Gasteiger partial charge in [-0.15, -0.1) is 10.2 Å². The highest BCUT2D eigenvalue weighted by Gasteiger charge is 2.25. The number of hydrogen-bond donors (Lipinski definition) is 1. The molecule has 2 aliphatic rings. The molecule has 0 aliphatic carbocycles. The first-order valence-corrected chi connectivity index (χ1v) is 9.32. The zero-order chi connectivity index (χ0) is 17.6. The number of piperidine rings is 1. The van der Waals surface area contributed by atoms with Crippen LogP contribution < -0.4 is 5.32 Å². The van der Waals surface area contributed by atoms with E-state index in [1.165, 1.54) is 0 Å². The number of hydrogen-bond acceptors (Lipinski definition) is 5. The van der Waals surface area contributed by atoms with Crippen LogP contribution >= 0.6 is 0 Å². The molecule has 0 aromatic carbocycles. The molecule has 0 radical (unpaired) electrons. The Morgan fingerprint density at radius 1 is 1.20 bits per heavy atom. The molecule has 2 amide bonds. The molecule has 0 saturated carbocycles. The lowest BCUT2D eigenvalue weighted by Crippen LogP contribution is -2.44. The van der Waals surface area contributed by atoms with Gasteiger partial charge in [-0.3, -0.25) is 14.5 Å². The predicted octanol–water partition coefficient (Wildman–Crippen LogP) is 0.216. The van der Waals surface area contributed by atoms with Gasteiger partial charge in [0.2, 0.25) is 11.8 Å². The average molecular weight is 348 g/mol. The molecule has 8 nitrogen and oxygen atoms in total. The van der Waals surface area contributed by atoms with E-state index in [0.29, 0.717) is 12.5 Å². The van der Waals surface area contributed by atoms with Crippen molar-refractivity contribution in [2.75, 3.05) is 39.3 Å². The summed E-state index contributed by atoms with van der Waals surface area (Å²) in [4.78, 5) is 28.0. The molecule has 0 unspecified atom stereocenters. The monoisotopic (exact) mass is 348 g/mol. The molecule has 3 rings (SSSR count). The van der Waals surface area contributed by atoms with Gasteiger partial charge in [0.15, 0.2) is 0 Å². The molecule has 3 heterocycles. The molecule has 2 fully saturated rings. The maximum Gasteiger partial charge on any atom is 0.241 e. The summed E-state index contributed by atoms with van der Waals surface area (Å²) in [6, 6.07) is 0. The van der Waals surface area contributed by atoms with Gasteiger partial charge in [0.1, 0.15) is 12.2 Å². The van der Waals surface area contributed by atoms with Crippen molar-refractivity contribution in [1.82, 2.24) is 29.9 Å². The van der Waals surface area contributed by atoms with Crippen molar-refractivity contribution in [2.24, 2.45) is 0 Å². The summed E-state index contributed by atoms with van der Waals surface area (Å²) in [5.41, 5.74) is 0. The van der Waals surface area contributed by atoms with Gasteiger partial charge in [-0.05, 0) is 45.7 Å². The van der Waals surface area contributed by atoms with E-state index in [-0.39, 0.29) is 18.4 Å². The summed E-state index contributed by atoms with van der Waals surface area (Å²) in [7, 11) is 0. The molecular weight excluding hydrogens is 320 g/mol. The first-order chi connectivity index (χ1) is 12.2. The van der Waals surface area contributed by atoms with Gasteiger partial charge >= 0.3 is 0 Å². The van der Waals surface area contributed by atoms with Crippen molar-refractivity contribution < 1.29 is 9.59 Å². The highest BCUT2D eigenvalue weighted by atomic mass is 16.2. The second-order valence-corrected chi connectivity index (χ2v) is 6.89. The summed E-state index contributed by atoms with van der Waals surface area (Å²) >= 11 is 0. The maximum atomic E-state index is 12.1. The zero-order valence-corrected chi connectivity index (χ0v) is 15.0. The lowest BCUT2D eigenvalue weighted by atomic mass is 9.96. The van der Waals surface area contributed by atoms with Crippen LogP contribution in [0.4, 0.5) is 0 Å². The Kier molecular flexibility index (Phi) is 6.01. The number of carbonyl (C=O) groups is 2. The van der Waals surface area contributed by atoms with Crippen LogP contribution in [0.2, 0.25) is 0 Å². The average Bonchev–Trinajstić information content (AvgIpc) is 3.31. The zero-order valence-electron chi connectivity index (χ0n) is 15.0. The van der Waals surface area contributed by atoms with Crippen molar-refractivity contribution in [1.29, 1.82) is 0 Å². The minimum Gasteiger partial charge on any atom is -0.346 e. The SMILES string of the molecule is CCn1cnnc1C1CCN(CC(=O)NCC(=O)N2CCCC2)CC1. The van der Waals surface area contributed by atoms with E-state index in [9.17, 15) is 9.59 Å². The molecular formula is C17H28N6O2. The third-order valence-electron chi connectivity index (χ3n) is 5.20. The molecule has 25 heavy (non-hydrogen) atoms. The van der Waals surface area contributed by atoms with Gasteiger partial charge in [-0.1, -0.05) is 0 Å². The standard InChI is InChI=1S/C17H28N6O2/c1-2-22-13-19-20-17(22)14-5-9-21(10-6-14)12-15(24)18-11-16(25)23-7-3-4-8-23/h13-14H,2-12H2,1H3,(H,18,24). The molecule has 0 spiro atoms. The Hall–Kier alpha value is -1.96. The van der Waals surface area contributed by atoms with Crippen LogP contribution in [0, 0.1) is 0 Å². The van der Waals surface area contributed by atoms with Gasteiger partial charge in [0.25, 0.3) is 0 Å². The minimum absolute atomic E-state index is 0.0310. The van der Waals surface area contributed by atoms with Crippen LogP contribution in [-0.4, -0.2) is 75.6 Å². The van der Waals surface area contributed by atoms with Crippen LogP contribution in [-0.2, 0) is 16.1 Å². The Balaban J connectivity index is 1.38. The van der Waals surface area contributed by atoms with Gasteiger partial charge in [0.05, 0.1) is 13.1 Å². The third-order valence-corrected chi connectivity index (χ3v) is 5.20. The van der Waals surface area contributed by atoms with Crippen LogP contribution in [0.1, 0.15) is 44.3 Å². The fraction of sp³-hybridized carbons (Fsp3) is 0.765. The van der Waals surface area contributed by atoms with Gasteiger partial charge in [0, 0.05) is 25.6 Å². The van der Waals surface area contributed by atoms with Gasteiger partial charge < -0.3 is 14.8 Å². The van der Waals surface area contributed by atoms with Crippen molar-refractivity contribution in [3.63, 3.8) is 0 Å². The van der Waals surface area contributed by atoms with E-state index in [0.717, 1.165) is 64.2 Å². The number of aromatic nitrogens is 3. The summed E-state index contributed by atoms with van der Waals surface area (Å²) < 4.78 is 2.09. The Morgan fingerprint density at radius 3 is 2.60 bits per heavy atom. The van der Waals surface area contributed by atoms with E-state index >= 15 is 0 Å². The summed E-state index contributed by atoms with van der Waals surface area (Å²) in [5, 5.41) is 11.0. The minimum atomic E-state index is -0.0669. The van der Waals surface area contributed by atoms with E-state index in [1.54, 1.807) is 6.33 Å². The molecule has 1 N–H and O–H groups in total. The number of nitrogens with zero attached hydrogens (tertiary/aromatic N) is 5. The molecule has 138 valence electrons. The van der Waals surface area contributed by atoms with Gasteiger partial charge in [-0.2, -0.15) is 0 Å². The number of rotatable bonds is 6. The number of carbonyl (C=O) groups excluding carboxylic acids is 2. The molecule has 1 aromatic heterocycles. The number of likely N-dealkylation sites (tertiary alicyclic amines) is 2. The quantitative estimate of drug-likeness (QED) is 0.795. The second kappa shape index (κ2) is 8.42. The topological polar surface area (TPSA) is 83.4 Å². The van der Waals surface area contributed by atoms with Crippen LogP contribution in [0.15, 0.2) is 6.33 Å². The van der Waals surface area contributed by atoms with E-state index in [4.69, 9.17) is 0 Å². The van der Waals surface area contributed by atoms with Crippen LogP contribution in [0.3, 0.4) is 0 Å². The Morgan fingerprint density at radius 2 is 1.92 bits per heavy atom. The van der Waals surface area contributed by atoms with Crippen LogP contribution in [0.5, 0.6) is 0 Å². The van der Waals surface area contributed by atoms with Crippen LogP contribution in [0.25, 0.3) is 0 Å². The molecule has 0 bridgehead atoms. The van der Waals surface area contributed by atoms with Gasteiger partial charge in [-0.25, -0.2) is 0 Å². The normalized spacial score (nSPS) is 19.3. The van der Waals surface area contributed by atoms with E-state index in [1.807, 2.05) is 4.90 Å². The van der Waals surface area contributed by atoms with Crippen molar-refractivity contribution >= 4 is 11.8 Å². The summed E-state index contributed by atoms with van der Waals surface area (Å²) in [6.45, 7) is 6.85. The fourth-order valence-electron chi connectivity index (χ4n) is 3.68. The molecule has 2 aliphatic heterocycles. The van der Waals surface area contributed by atoms with Crippen molar-refractivity contribution in [3.8, 4) is 0 Å². The molecule has 0 atom stereocenters. The highest BCUT2D eigenvalue weighted by Crippen LogP contribution is 2.26. The number of amides is 2. The van der Waals surface area contributed by atoms with Crippen molar-refractivity contribution in [3.05, 3.63) is 12.2 Å². The Bertz CT molecular complexity index is 588. The first kappa shape index (κ1) is 17.8. The fourth-order valence-corrected chi connectivity index (χ4v) is 3.68. The summed E-state index contributed by atoms with van der Waals surface area (Å²) in [5.74, 6) is 1.44. The predicted molar refractivity (Wildman–Crippen MR) is 92.9 cm³/mol. The van der Waals surface area contributed by atoms with E-state index < -0.39 is 0 Å². The third kappa shape index (κ3) is 4.56. The largest absolute Gasteiger partial charge is 0.346 e. The second-order valence-electron chi connectivity index (χ2n) is 6.89. The lowest BCUT2D eigenvalue weighted by Gasteiger charge is -2.31.